The number of ether oxygens (including phenoxy) is 2. The number of carbonyl (C=O) groups excluding carboxylic acids is 1. The van der Waals surface area contributed by atoms with Gasteiger partial charge in [0.25, 0.3) is 5.91 Å². The monoisotopic (exact) mass is 571 g/mol. The summed E-state index contributed by atoms with van der Waals surface area (Å²) in [5, 5.41) is 8.52. The van der Waals surface area contributed by atoms with Gasteiger partial charge in [0.2, 0.25) is 0 Å². The molecular formula is C29H41N5O5S. The summed E-state index contributed by atoms with van der Waals surface area (Å²) in [7, 11) is -0.00416. The standard InChI is InChI=1S/C29H41N5O5S/c1-7-33(8-2)14-9-10-19(3)30-29(35)23-17-24(21-11-12-25(38-5)26(16-21)39-6)31-28-27(23)20(4)32-34(28)22-13-15-40(36,37)18-22/h11-12,16-17,19,22H,7-10,13-15,18H2,1-6H3,(H,30,35). The van der Waals surface area contributed by atoms with Crippen LogP contribution in [-0.2, 0) is 9.84 Å². The van der Waals surface area contributed by atoms with Crippen LogP contribution in [0.5, 0.6) is 11.5 Å². The lowest BCUT2D eigenvalue weighted by molar-refractivity contribution is 0.0939. The third-order valence-electron chi connectivity index (χ3n) is 7.70. The molecule has 10 nitrogen and oxygen atoms in total. The predicted molar refractivity (Wildman–Crippen MR) is 157 cm³/mol. The van der Waals surface area contributed by atoms with Crippen molar-refractivity contribution in [1.82, 2.24) is 25.0 Å². The van der Waals surface area contributed by atoms with Gasteiger partial charge in [-0.1, -0.05) is 13.8 Å². The Bertz CT molecular complexity index is 1470. The molecule has 218 valence electrons. The van der Waals surface area contributed by atoms with Crippen molar-refractivity contribution >= 4 is 26.8 Å². The average Bonchev–Trinajstić information content (AvgIpc) is 3.48. The van der Waals surface area contributed by atoms with Crippen LogP contribution < -0.4 is 14.8 Å². The van der Waals surface area contributed by atoms with Gasteiger partial charge in [-0.3, -0.25) is 4.79 Å². The number of hydrogen-bond donors (Lipinski definition) is 1. The van der Waals surface area contributed by atoms with Gasteiger partial charge in [-0.15, -0.1) is 0 Å². The van der Waals surface area contributed by atoms with Gasteiger partial charge in [-0.2, -0.15) is 5.10 Å². The number of nitrogens with zero attached hydrogens (tertiary/aromatic N) is 4. The number of nitrogens with one attached hydrogen (secondary N) is 1. The van der Waals surface area contributed by atoms with Gasteiger partial charge in [0, 0.05) is 11.6 Å². The molecule has 0 radical (unpaired) electrons. The molecule has 3 aromatic rings. The molecule has 2 aromatic heterocycles. The van der Waals surface area contributed by atoms with Crippen LogP contribution in [0.2, 0.25) is 0 Å². The Morgan fingerprint density at radius 2 is 1.90 bits per heavy atom. The number of amides is 1. The fraction of sp³-hybridized carbons (Fsp3) is 0.552. The van der Waals surface area contributed by atoms with Gasteiger partial charge in [-0.25, -0.2) is 18.1 Å². The Morgan fingerprint density at radius 3 is 2.52 bits per heavy atom. The Balaban J connectivity index is 1.74. The topological polar surface area (TPSA) is 116 Å². The van der Waals surface area contributed by atoms with E-state index in [-0.39, 0.29) is 29.5 Å². The number of benzene rings is 1. The van der Waals surface area contributed by atoms with Gasteiger partial charge >= 0.3 is 0 Å². The number of hydrogen-bond acceptors (Lipinski definition) is 8. The lowest BCUT2D eigenvalue weighted by Crippen LogP contribution is -2.34. The average molecular weight is 572 g/mol. The maximum atomic E-state index is 13.7. The summed E-state index contributed by atoms with van der Waals surface area (Å²) in [4.78, 5) is 21.0. The van der Waals surface area contributed by atoms with Crippen molar-refractivity contribution in [1.29, 1.82) is 0 Å². The summed E-state index contributed by atoms with van der Waals surface area (Å²) in [5.74, 6) is 1.05. The van der Waals surface area contributed by atoms with Crippen molar-refractivity contribution in [2.75, 3.05) is 45.4 Å². The first-order valence-corrected chi connectivity index (χ1v) is 15.8. The second-order valence-corrected chi connectivity index (χ2v) is 12.7. The van der Waals surface area contributed by atoms with Gasteiger partial charge in [0.1, 0.15) is 0 Å². The minimum absolute atomic E-state index is 0.0105. The molecule has 3 heterocycles. The molecule has 1 aliphatic rings. The number of aryl methyl sites for hydroxylation is 1. The van der Waals surface area contributed by atoms with E-state index in [1.165, 1.54) is 0 Å². The van der Waals surface area contributed by atoms with Crippen molar-refractivity contribution in [3.05, 3.63) is 35.5 Å². The minimum atomic E-state index is -3.15. The largest absolute Gasteiger partial charge is 0.493 e. The van der Waals surface area contributed by atoms with Crippen molar-refractivity contribution in [2.24, 2.45) is 0 Å². The highest BCUT2D eigenvalue weighted by atomic mass is 32.2. The molecule has 0 bridgehead atoms. The van der Waals surface area contributed by atoms with E-state index < -0.39 is 9.84 Å². The molecule has 2 unspecified atom stereocenters. The summed E-state index contributed by atoms with van der Waals surface area (Å²) in [6, 6.07) is 6.91. The van der Waals surface area contributed by atoms with Crippen LogP contribution in [0.4, 0.5) is 0 Å². The first kappa shape index (κ1) is 29.8. The second-order valence-electron chi connectivity index (χ2n) is 10.5. The third-order valence-corrected chi connectivity index (χ3v) is 9.45. The summed E-state index contributed by atoms with van der Waals surface area (Å²) in [6.45, 7) is 11.2. The van der Waals surface area contributed by atoms with E-state index in [4.69, 9.17) is 19.6 Å². The van der Waals surface area contributed by atoms with Crippen molar-refractivity contribution in [3.63, 3.8) is 0 Å². The van der Waals surface area contributed by atoms with Gasteiger partial charge < -0.3 is 19.7 Å². The van der Waals surface area contributed by atoms with Crippen LogP contribution in [-0.4, -0.2) is 85.4 Å². The van der Waals surface area contributed by atoms with Crippen LogP contribution in [0, 0.1) is 6.92 Å². The molecule has 0 aliphatic carbocycles. The van der Waals surface area contributed by atoms with Crippen LogP contribution in [0.1, 0.15) is 62.1 Å². The quantitative estimate of drug-likeness (QED) is 0.347. The van der Waals surface area contributed by atoms with E-state index in [0.29, 0.717) is 45.9 Å². The first-order chi connectivity index (χ1) is 19.1. The molecule has 40 heavy (non-hydrogen) atoms. The molecule has 11 heteroatoms. The first-order valence-electron chi connectivity index (χ1n) is 14.0. The molecule has 1 saturated heterocycles. The molecule has 1 fully saturated rings. The molecule has 0 saturated carbocycles. The molecule has 4 rings (SSSR count). The number of pyridine rings is 1. The third kappa shape index (κ3) is 6.41. The van der Waals surface area contributed by atoms with Crippen LogP contribution in [0.3, 0.4) is 0 Å². The number of sulfone groups is 1. The summed E-state index contributed by atoms with van der Waals surface area (Å²) >= 11 is 0. The van der Waals surface area contributed by atoms with Gasteiger partial charge in [0.05, 0.1) is 54.1 Å². The SMILES string of the molecule is CCN(CC)CCCC(C)NC(=O)c1cc(-c2ccc(OC)c(OC)c2)nc2c1c(C)nn2C1CCS(=O)(=O)C1. The highest BCUT2D eigenvalue weighted by molar-refractivity contribution is 7.91. The lowest BCUT2D eigenvalue weighted by Gasteiger charge is -2.20. The van der Waals surface area contributed by atoms with Crippen LogP contribution >= 0.6 is 0 Å². The van der Waals surface area contributed by atoms with Crippen LogP contribution in [0.15, 0.2) is 24.3 Å². The number of aromatic nitrogens is 3. The number of methoxy groups -OCH3 is 2. The fourth-order valence-corrected chi connectivity index (χ4v) is 7.09. The summed E-state index contributed by atoms with van der Waals surface area (Å²) in [5.41, 5.74) is 2.92. The Morgan fingerprint density at radius 1 is 1.18 bits per heavy atom. The molecular weight excluding hydrogens is 530 g/mol. The Kier molecular flexibility index (Phi) is 9.35. The molecule has 1 N–H and O–H groups in total. The van der Waals surface area contributed by atoms with Gasteiger partial charge in [-0.05, 0) is 77.0 Å². The van der Waals surface area contributed by atoms with E-state index in [0.717, 1.165) is 38.0 Å². The van der Waals surface area contributed by atoms with E-state index in [9.17, 15) is 13.2 Å². The molecule has 1 aromatic carbocycles. The Hall–Kier alpha value is -3.18. The summed E-state index contributed by atoms with van der Waals surface area (Å²) < 4.78 is 37.2. The molecule has 0 spiro atoms. The van der Waals surface area contributed by atoms with E-state index in [1.807, 2.05) is 26.0 Å². The molecule has 1 amide bonds. The maximum absolute atomic E-state index is 13.7. The number of fused-ring (bicyclic) bond motifs is 1. The number of carbonyl (C=O) groups is 1. The zero-order valence-electron chi connectivity index (χ0n) is 24.4. The van der Waals surface area contributed by atoms with E-state index >= 15 is 0 Å². The second kappa shape index (κ2) is 12.6. The predicted octanol–water partition coefficient (Wildman–Crippen LogP) is 4.02. The van der Waals surface area contributed by atoms with E-state index in [1.54, 1.807) is 31.0 Å². The number of rotatable bonds is 12. The lowest BCUT2D eigenvalue weighted by atomic mass is 10.0. The summed E-state index contributed by atoms with van der Waals surface area (Å²) in [6.07, 6.45) is 2.31. The smallest absolute Gasteiger partial charge is 0.252 e. The van der Waals surface area contributed by atoms with Crippen LogP contribution in [0.25, 0.3) is 22.3 Å². The highest BCUT2D eigenvalue weighted by Crippen LogP contribution is 2.35. The minimum Gasteiger partial charge on any atom is -0.493 e. The van der Waals surface area contributed by atoms with E-state index in [2.05, 4.69) is 24.1 Å². The fourth-order valence-electron chi connectivity index (χ4n) is 5.39. The van der Waals surface area contributed by atoms with Crippen molar-refractivity contribution < 1.29 is 22.7 Å². The Labute approximate surface area is 237 Å². The van der Waals surface area contributed by atoms with Gasteiger partial charge in [0.15, 0.2) is 27.0 Å². The molecule has 2 atom stereocenters. The normalized spacial score (nSPS) is 17.3. The molecule has 1 aliphatic heterocycles. The van der Waals surface area contributed by atoms with Crippen molar-refractivity contribution in [2.45, 2.75) is 59.0 Å². The highest BCUT2D eigenvalue weighted by Gasteiger charge is 2.32. The zero-order chi connectivity index (χ0) is 29.0. The zero-order valence-corrected chi connectivity index (χ0v) is 25.2. The van der Waals surface area contributed by atoms with Crippen molar-refractivity contribution in [3.8, 4) is 22.8 Å². The maximum Gasteiger partial charge on any atom is 0.252 e.